The highest BCUT2D eigenvalue weighted by atomic mass is 127. The van der Waals surface area contributed by atoms with Gasteiger partial charge in [0.05, 0.1) is 0 Å². The third kappa shape index (κ3) is 8.41. The van der Waals surface area contributed by atoms with Crippen LogP contribution in [0.3, 0.4) is 0 Å². The molecule has 1 unspecified atom stereocenters. The minimum Gasteiger partial charge on any atom is -0.356 e. The minimum atomic E-state index is 0. The molecule has 0 bridgehead atoms. The lowest BCUT2D eigenvalue weighted by Gasteiger charge is -2.21. The molecule has 1 heterocycles. The zero-order valence-electron chi connectivity index (χ0n) is 16.8. The molecule has 0 spiro atoms. The first kappa shape index (κ1) is 23.5. The van der Waals surface area contributed by atoms with Crippen LogP contribution in [0.1, 0.15) is 51.9 Å². The topological polar surface area (TPSA) is 60.0 Å². The number of carbonyl (C=O) groups is 1. The van der Waals surface area contributed by atoms with Crippen LogP contribution >= 0.6 is 24.0 Å². The van der Waals surface area contributed by atoms with Gasteiger partial charge in [0, 0.05) is 46.3 Å². The van der Waals surface area contributed by atoms with E-state index in [9.17, 15) is 4.79 Å². The summed E-state index contributed by atoms with van der Waals surface area (Å²) in [4.78, 5) is 20.5. The number of nitrogens with one attached hydrogen (secondary N) is 2. The predicted molar refractivity (Wildman–Crippen MR) is 119 cm³/mol. The minimum absolute atomic E-state index is 0. The van der Waals surface area contributed by atoms with Gasteiger partial charge in [-0.3, -0.25) is 4.79 Å². The van der Waals surface area contributed by atoms with E-state index in [1.54, 1.807) is 19.0 Å². The third-order valence-electron chi connectivity index (χ3n) is 5.30. The van der Waals surface area contributed by atoms with Gasteiger partial charge in [0.15, 0.2) is 5.96 Å². The number of amides is 1. The summed E-state index contributed by atoms with van der Waals surface area (Å²) in [6.07, 6.45) is 9.06. The van der Waals surface area contributed by atoms with Crippen molar-refractivity contribution in [2.75, 3.05) is 46.8 Å². The van der Waals surface area contributed by atoms with Crippen molar-refractivity contribution in [2.45, 2.75) is 57.9 Å². The quantitative estimate of drug-likeness (QED) is 0.243. The van der Waals surface area contributed by atoms with E-state index >= 15 is 0 Å². The molecule has 1 atom stereocenters. The number of unbranched alkanes of at least 4 members (excludes halogenated alkanes) is 1. The molecule has 2 fully saturated rings. The van der Waals surface area contributed by atoms with E-state index in [1.165, 1.54) is 38.8 Å². The van der Waals surface area contributed by atoms with Crippen LogP contribution in [0.15, 0.2) is 4.99 Å². The van der Waals surface area contributed by atoms with Crippen molar-refractivity contribution in [1.82, 2.24) is 20.4 Å². The molecule has 2 N–H and O–H groups in total. The predicted octanol–water partition coefficient (Wildman–Crippen LogP) is 2.29. The summed E-state index contributed by atoms with van der Waals surface area (Å²) in [7, 11) is 3.54. The normalized spacial score (nSPS) is 21.5. The Morgan fingerprint density at radius 2 is 1.96 bits per heavy atom. The molecule has 6 nitrogen and oxygen atoms in total. The number of rotatable bonds is 8. The van der Waals surface area contributed by atoms with Gasteiger partial charge in [-0.05, 0) is 31.6 Å². The van der Waals surface area contributed by atoms with E-state index in [0.29, 0.717) is 6.04 Å². The molecule has 1 aliphatic heterocycles. The molecular formula is C19H38IN5O. The molecule has 0 aromatic carbocycles. The fraction of sp³-hybridized carbons (Fsp3) is 0.895. The summed E-state index contributed by atoms with van der Waals surface area (Å²) in [5.41, 5.74) is 0. The van der Waals surface area contributed by atoms with Gasteiger partial charge in [0.2, 0.25) is 5.91 Å². The maximum atomic E-state index is 11.8. The van der Waals surface area contributed by atoms with Gasteiger partial charge in [-0.2, -0.15) is 0 Å². The lowest BCUT2D eigenvalue weighted by atomic mass is 10.1. The number of likely N-dealkylation sites (N-methyl/N-ethyl adjacent to an activating group) is 1. The lowest BCUT2D eigenvalue weighted by molar-refractivity contribution is -0.127. The molecule has 1 aliphatic carbocycles. The maximum absolute atomic E-state index is 11.8. The van der Waals surface area contributed by atoms with Gasteiger partial charge in [-0.1, -0.05) is 26.2 Å². The molecule has 2 rings (SSSR count). The average molecular weight is 479 g/mol. The number of guanidine groups is 1. The van der Waals surface area contributed by atoms with Gasteiger partial charge in [0.25, 0.3) is 0 Å². The second-order valence-corrected chi connectivity index (χ2v) is 7.77. The Bertz CT molecular complexity index is 438. The molecule has 1 saturated heterocycles. The van der Waals surface area contributed by atoms with Gasteiger partial charge in [-0.15, -0.1) is 24.0 Å². The fourth-order valence-electron chi connectivity index (χ4n) is 3.69. The van der Waals surface area contributed by atoms with Crippen LogP contribution < -0.4 is 10.6 Å². The van der Waals surface area contributed by atoms with Crippen molar-refractivity contribution in [1.29, 1.82) is 0 Å². The Hall–Kier alpha value is -0.570. The van der Waals surface area contributed by atoms with E-state index < -0.39 is 0 Å². The smallest absolute Gasteiger partial charge is 0.243 e. The molecule has 1 saturated carbocycles. The SMILES string of the molecule is CCCCNC(=NCC(=O)N(C)C)NC1CCN(CC2CCCC2)C1.I. The van der Waals surface area contributed by atoms with E-state index in [-0.39, 0.29) is 36.4 Å². The van der Waals surface area contributed by atoms with E-state index in [4.69, 9.17) is 0 Å². The van der Waals surface area contributed by atoms with E-state index in [1.807, 2.05) is 0 Å². The van der Waals surface area contributed by atoms with Crippen LogP contribution in [0.4, 0.5) is 0 Å². The Morgan fingerprint density at radius 3 is 2.62 bits per heavy atom. The summed E-state index contributed by atoms with van der Waals surface area (Å²) in [5, 5.41) is 6.93. The third-order valence-corrected chi connectivity index (χ3v) is 5.30. The monoisotopic (exact) mass is 479 g/mol. The van der Waals surface area contributed by atoms with Crippen molar-refractivity contribution in [3.05, 3.63) is 0 Å². The van der Waals surface area contributed by atoms with Crippen molar-refractivity contribution in [3.63, 3.8) is 0 Å². The molecule has 2 aliphatic rings. The summed E-state index contributed by atoms with van der Waals surface area (Å²) in [6, 6.07) is 0.434. The second-order valence-electron chi connectivity index (χ2n) is 7.77. The highest BCUT2D eigenvalue weighted by Crippen LogP contribution is 2.26. The maximum Gasteiger partial charge on any atom is 0.243 e. The first-order valence-corrected chi connectivity index (χ1v) is 10.1. The fourth-order valence-corrected chi connectivity index (χ4v) is 3.69. The van der Waals surface area contributed by atoms with Crippen LogP contribution in [-0.2, 0) is 4.79 Å². The molecule has 26 heavy (non-hydrogen) atoms. The van der Waals surface area contributed by atoms with Gasteiger partial charge >= 0.3 is 0 Å². The number of likely N-dealkylation sites (tertiary alicyclic amines) is 1. The molecule has 7 heteroatoms. The summed E-state index contributed by atoms with van der Waals surface area (Å²) in [6.45, 7) is 6.80. The van der Waals surface area contributed by atoms with Crippen molar-refractivity contribution < 1.29 is 4.79 Å². The van der Waals surface area contributed by atoms with Gasteiger partial charge in [-0.25, -0.2) is 4.99 Å². The summed E-state index contributed by atoms with van der Waals surface area (Å²) in [5.74, 6) is 1.73. The standard InChI is InChI=1S/C19H37N5O.HI/c1-4-5-11-20-19(21-13-18(25)23(2)3)22-17-10-12-24(15-17)14-16-8-6-7-9-16;/h16-17H,4-15H2,1-3H3,(H2,20,21,22);1H. The number of aliphatic imine (C=N–C) groups is 1. The van der Waals surface area contributed by atoms with Crippen LogP contribution in [-0.4, -0.2) is 74.5 Å². The second kappa shape index (κ2) is 12.8. The number of halogens is 1. The summed E-state index contributed by atoms with van der Waals surface area (Å²) >= 11 is 0. The van der Waals surface area contributed by atoms with Crippen LogP contribution in [0.2, 0.25) is 0 Å². The highest BCUT2D eigenvalue weighted by molar-refractivity contribution is 14.0. The van der Waals surface area contributed by atoms with Gasteiger partial charge < -0.3 is 20.4 Å². The zero-order chi connectivity index (χ0) is 18.1. The number of hydrogen-bond acceptors (Lipinski definition) is 3. The first-order chi connectivity index (χ1) is 12.1. The number of carbonyl (C=O) groups excluding carboxylic acids is 1. The van der Waals surface area contributed by atoms with Crippen LogP contribution in [0.5, 0.6) is 0 Å². The Morgan fingerprint density at radius 1 is 1.23 bits per heavy atom. The zero-order valence-corrected chi connectivity index (χ0v) is 19.1. The van der Waals surface area contributed by atoms with E-state index in [2.05, 4.69) is 27.4 Å². The Balaban J connectivity index is 0.00000338. The number of hydrogen-bond donors (Lipinski definition) is 2. The Labute approximate surface area is 176 Å². The average Bonchev–Trinajstić information content (AvgIpc) is 3.24. The van der Waals surface area contributed by atoms with E-state index in [0.717, 1.165) is 44.2 Å². The van der Waals surface area contributed by atoms with Crippen molar-refractivity contribution in [2.24, 2.45) is 10.9 Å². The molecule has 0 aromatic rings. The summed E-state index contributed by atoms with van der Waals surface area (Å²) < 4.78 is 0. The molecule has 1 amide bonds. The molecule has 0 aromatic heterocycles. The molecule has 0 radical (unpaired) electrons. The molecule has 152 valence electrons. The van der Waals surface area contributed by atoms with Gasteiger partial charge in [0.1, 0.15) is 6.54 Å². The van der Waals surface area contributed by atoms with Crippen LogP contribution in [0, 0.1) is 5.92 Å². The molecular weight excluding hydrogens is 441 g/mol. The number of nitrogens with zero attached hydrogens (tertiary/aromatic N) is 3. The lowest BCUT2D eigenvalue weighted by Crippen LogP contribution is -2.45. The van der Waals surface area contributed by atoms with Crippen molar-refractivity contribution in [3.8, 4) is 0 Å². The first-order valence-electron chi connectivity index (χ1n) is 10.1. The largest absolute Gasteiger partial charge is 0.356 e. The Kier molecular flexibility index (Phi) is 11.5. The highest BCUT2D eigenvalue weighted by Gasteiger charge is 2.26. The van der Waals surface area contributed by atoms with Crippen molar-refractivity contribution >= 4 is 35.8 Å². The van der Waals surface area contributed by atoms with Crippen LogP contribution in [0.25, 0.3) is 0 Å².